The number of hydrogen-bond acceptors (Lipinski definition) is 3. The highest BCUT2D eigenvalue weighted by Crippen LogP contribution is 2.29. The number of pyridine rings is 1. The van der Waals surface area contributed by atoms with Crippen LogP contribution >= 0.6 is 0 Å². The maximum Gasteiger partial charge on any atom is 0.335 e. The molecule has 2 heterocycles. The molecule has 98 valence electrons. The lowest BCUT2D eigenvalue weighted by Crippen LogP contribution is -1.96. The van der Waals surface area contributed by atoms with E-state index >= 15 is 0 Å². The van der Waals surface area contributed by atoms with Gasteiger partial charge in [0.2, 0.25) is 0 Å². The largest absolute Gasteiger partial charge is 0.478 e. The van der Waals surface area contributed by atoms with Gasteiger partial charge in [-0.25, -0.2) is 4.79 Å². The molecule has 0 aliphatic carbocycles. The van der Waals surface area contributed by atoms with E-state index in [0.29, 0.717) is 0 Å². The second-order valence-electron chi connectivity index (χ2n) is 4.28. The lowest BCUT2D eigenvalue weighted by Gasteiger charge is -2.04. The molecule has 0 saturated carbocycles. The van der Waals surface area contributed by atoms with E-state index in [1.165, 1.54) is 0 Å². The molecule has 5 heteroatoms. The van der Waals surface area contributed by atoms with Gasteiger partial charge in [-0.2, -0.15) is 5.10 Å². The van der Waals surface area contributed by atoms with Crippen LogP contribution in [0.15, 0.2) is 55.0 Å². The number of benzene rings is 1. The highest BCUT2D eigenvalue weighted by atomic mass is 16.4. The maximum atomic E-state index is 11.0. The Hall–Kier alpha value is -2.95. The van der Waals surface area contributed by atoms with Gasteiger partial charge in [0.05, 0.1) is 17.5 Å². The van der Waals surface area contributed by atoms with Gasteiger partial charge in [0.1, 0.15) is 0 Å². The van der Waals surface area contributed by atoms with E-state index < -0.39 is 5.97 Å². The number of carboxylic acids is 1. The van der Waals surface area contributed by atoms with E-state index in [0.717, 1.165) is 22.4 Å². The van der Waals surface area contributed by atoms with Crippen molar-refractivity contribution in [3.63, 3.8) is 0 Å². The van der Waals surface area contributed by atoms with Gasteiger partial charge in [-0.1, -0.05) is 12.1 Å². The number of rotatable bonds is 3. The molecule has 0 radical (unpaired) electrons. The predicted molar refractivity (Wildman–Crippen MR) is 74.2 cm³/mol. The minimum Gasteiger partial charge on any atom is -0.478 e. The van der Waals surface area contributed by atoms with Crippen molar-refractivity contribution in [1.29, 1.82) is 0 Å². The first kappa shape index (κ1) is 12.1. The van der Waals surface area contributed by atoms with Gasteiger partial charge in [0.15, 0.2) is 0 Å². The number of nitrogens with zero attached hydrogens (tertiary/aromatic N) is 2. The smallest absolute Gasteiger partial charge is 0.335 e. The van der Waals surface area contributed by atoms with E-state index in [2.05, 4.69) is 15.2 Å². The van der Waals surface area contributed by atoms with Crippen LogP contribution in [0.5, 0.6) is 0 Å². The monoisotopic (exact) mass is 265 g/mol. The van der Waals surface area contributed by atoms with E-state index in [1.807, 2.05) is 18.2 Å². The number of carboxylic acid groups (broad SMARTS) is 1. The Kier molecular flexibility index (Phi) is 3.01. The number of aromatic nitrogens is 3. The summed E-state index contributed by atoms with van der Waals surface area (Å²) in [4.78, 5) is 15.0. The van der Waals surface area contributed by atoms with Crippen molar-refractivity contribution in [3.8, 4) is 22.4 Å². The van der Waals surface area contributed by atoms with Gasteiger partial charge in [-0.3, -0.25) is 10.1 Å². The summed E-state index contributed by atoms with van der Waals surface area (Å²) in [6.45, 7) is 0. The first-order valence-corrected chi connectivity index (χ1v) is 6.03. The summed E-state index contributed by atoms with van der Waals surface area (Å²) in [6, 6.07) is 10.5. The van der Waals surface area contributed by atoms with E-state index in [-0.39, 0.29) is 5.56 Å². The molecular weight excluding hydrogens is 254 g/mol. The summed E-state index contributed by atoms with van der Waals surface area (Å²) in [5, 5.41) is 16.0. The fraction of sp³-hybridized carbons (Fsp3) is 0. The van der Waals surface area contributed by atoms with Crippen molar-refractivity contribution in [3.05, 3.63) is 60.6 Å². The quantitative estimate of drug-likeness (QED) is 0.763. The zero-order valence-corrected chi connectivity index (χ0v) is 10.4. The third kappa shape index (κ3) is 2.16. The maximum absolute atomic E-state index is 11.0. The number of nitrogens with one attached hydrogen (secondary N) is 1. The number of aromatic carboxylic acids is 1. The normalized spacial score (nSPS) is 10.4. The average Bonchev–Trinajstić information content (AvgIpc) is 2.98. The first-order chi connectivity index (χ1) is 9.75. The Bertz CT molecular complexity index is 751. The summed E-state index contributed by atoms with van der Waals surface area (Å²) in [6.07, 6.45) is 5.14. The summed E-state index contributed by atoms with van der Waals surface area (Å²) in [5.41, 5.74) is 3.71. The first-order valence-electron chi connectivity index (χ1n) is 6.03. The summed E-state index contributed by atoms with van der Waals surface area (Å²) < 4.78 is 0. The molecule has 2 aromatic heterocycles. The third-order valence-corrected chi connectivity index (χ3v) is 3.03. The summed E-state index contributed by atoms with van der Waals surface area (Å²) >= 11 is 0. The Morgan fingerprint density at radius 1 is 1.10 bits per heavy atom. The SMILES string of the molecule is O=C(O)c1cccc(-c2[nH]ncc2-c2ccncc2)c1. The van der Waals surface area contributed by atoms with Crippen LogP contribution in [0, 0.1) is 0 Å². The molecule has 0 spiro atoms. The molecule has 0 fully saturated rings. The molecule has 0 unspecified atom stereocenters. The molecule has 3 rings (SSSR count). The van der Waals surface area contributed by atoms with Crippen LogP contribution in [0.25, 0.3) is 22.4 Å². The Morgan fingerprint density at radius 2 is 1.90 bits per heavy atom. The number of H-pyrrole nitrogens is 1. The highest BCUT2D eigenvalue weighted by molar-refractivity contribution is 5.90. The molecule has 3 aromatic rings. The molecule has 0 saturated heterocycles. The van der Waals surface area contributed by atoms with Crippen LogP contribution in [0.1, 0.15) is 10.4 Å². The standard InChI is InChI=1S/C15H11N3O2/c19-15(20)12-3-1-2-11(8-12)14-13(9-17-18-14)10-4-6-16-7-5-10/h1-9H,(H,17,18)(H,19,20). The van der Waals surface area contributed by atoms with Crippen molar-refractivity contribution in [2.24, 2.45) is 0 Å². The van der Waals surface area contributed by atoms with Crippen LogP contribution in [0.3, 0.4) is 0 Å². The lowest BCUT2D eigenvalue weighted by atomic mass is 10.0. The average molecular weight is 265 g/mol. The van der Waals surface area contributed by atoms with Crippen molar-refractivity contribution in [1.82, 2.24) is 15.2 Å². The molecule has 5 nitrogen and oxygen atoms in total. The van der Waals surface area contributed by atoms with E-state index in [9.17, 15) is 4.79 Å². The molecule has 0 aliphatic heterocycles. The fourth-order valence-electron chi connectivity index (χ4n) is 2.06. The van der Waals surface area contributed by atoms with Crippen molar-refractivity contribution >= 4 is 5.97 Å². The zero-order valence-electron chi connectivity index (χ0n) is 10.4. The minimum absolute atomic E-state index is 0.248. The second kappa shape index (κ2) is 4.97. The molecule has 0 amide bonds. The molecule has 0 aliphatic rings. The van der Waals surface area contributed by atoms with Gasteiger partial charge in [-0.05, 0) is 29.8 Å². The van der Waals surface area contributed by atoms with Gasteiger partial charge in [0.25, 0.3) is 0 Å². The highest BCUT2D eigenvalue weighted by Gasteiger charge is 2.11. The molecule has 20 heavy (non-hydrogen) atoms. The topological polar surface area (TPSA) is 78.9 Å². The third-order valence-electron chi connectivity index (χ3n) is 3.03. The summed E-state index contributed by atoms with van der Waals surface area (Å²) in [5.74, 6) is -0.947. The van der Waals surface area contributed by atoms with E-state index in [4.69, 9.17) is 5.11 Å². The molecule has 0 atom stereocenters. The van der Waals surface area contributed by atoms with Crippen molar-refractivity contribution in [2.75, 3.05) is 0 Å². The molecule has 1 aromatic carbocycles. The van der Waals surface area contributed by atoms with Gasteiger partial charge in [0, 0.05) is 23.5 Å². The van der Waals surface area contributed by atoms with Crippen molar-refractivity contribution in [2.45, 2.75) is 0 Å². The lowest BCUT2D eigenvalue weighted by molar-refractivity contribution is 0.0697. The van der Waals surface area contributed by atoms with Gasteiger partial charge >= 0.3 is 5.97 Å². The number of carbonyl (C=O) groups is 1. The van der Waals surface area contributed by atoms with Crippen LogP contribution < -0.4 is 0 Å². The van der Waals surface area contributed by atoms with Crippen LogP contribution in [0.2, 0.25) is 0 Å². The molecular formula is C15H11N3O2. The van der Waals surface area contributed by atoms with Crippen LogP contribution in [-0.4, -0.2) is 26.3 Å². The molecule has 0 bridgehead atoms. The predicted octanol–water partition coefficient (Wildman–Crippen LogP) is 2.84. The fourth-order valence-corrected chi connectivity index (χ4v) is 2.06. The number of hydrogen-bond donors (Lipinski definition) is 2. The van der Waals surface area contributed by atoms with Crippen molar-refractivity contribution < 1.29 is 9.90 Å². The Labute approximate surface area is 114 Å². The summed E-state index contributed by atoms with van der Waals surface area (Å²) in [7, 11) is 0. The van der Waals surface area contributed by atoms with E-state index in [1.54, 1.807) is 36.8 Å². The molecule has 2 N–H and O–H groups in total. The van der Waals surface area contributed by atoms with Gasteiger partial charge < -0.3 is 5.11 Å². The van der Waals surface area contributed by atoms with Crippen LogP contribution in [-0.2, 0) is 0 Å². The Balaban J connectivity index is 2.10. The number of aromatic amines is 1. The second-order valence-corrected chi connectivity index (χ2v) is 4.28. The van der Waals surface area contributed by atoms with Gasteiger partial charge in [-0.15, -0.1) is 0 Å². The zero-order chi connectivity index (χ0) is 13.9. The Morgan fingerprint density at radius 3 is 2.65 bits per heavy atom. The van der Waals surface area contributed by atoms with Crippen LogP contribution in [0.4, 0.5) is 0 Å². The minimum atomic E-state index is -0.947.